The van der Waals surface area contributed by atoms with Crippen LogP contribution in [0.25, 0.3) is 0 Å². The van der Waals surface area contributed by atoms with Gasteiger partial charge in [0.05, 0.1) is 12.6 Å². The van der Waals surface area contributed by atoms with E-state index in [1.165, 1.54) is 11.8 Å². The molecule has 114 valence electrons. The summed E-state index contributed by atoms with van der Waals surface area (Å²) in [6.07, 6.45) is 2.01. The molecule has 1 aromatic carbocycles. The molecule has 0 saturated carbocycles. The van der Waals surface area contributed by atoms with Crippen LogP contribution in [-0.4, -0.2) is 42.5 Å². The number of amides is 2. The number of hydrogen-bond donors (Lipinski definition) is 1. The topological polar surface area (TPSA) is 58.6 Å². The molecule has 21 heavy (non-hydrogen) atoms. The van der Waals surface area contributed by atoms with E-state index >= 15 is 0 Å². The van der Waals surface area contributed by atoms with Gasteiger partial charge in [0.1, 0.15) is 0 Å². The summed E-state index contributed by atoms with van der Waals surface area (Å²) in [7, 11) is 0. The van der Waals surface area contributed by atoms with Gasteiger partial charge in [-0.25, -0.2) is 0 Å². The molecule has 1 saturated heterocycles. The Bertz CT molecular complexity index is 498. The Kier molecular flexibility index (Phi) is 5.76. The lowest BCUT2D eigenvalue weighted by atomic mass is 10.2. The molecule has 0 radical (unpaired) electrons. The Labute approximate surface area is 132 Å². The number of nitrogens with one attached hydrogen (secondary N) is 1. The third-order valence-corrected chi connectivity index (χ3v) is 3.88. The van der Waals surface area contributed by atoms with Crippen molar-refractivity contribution in [2.45, 2.75) is 25.9 Å². The number of ether oxygens (including phenoxy) is 1. The fourth-order valence-electron chi connectivity index (χ4n) is 2.25. The SMILES string of the molecule is CC(=O)N(CC(=O)Nc1ccc(Br)cc1)CC1CCCO1. The molecule has 2 rings (SSSR count). The Morgan fingerprint density at radius 1 is 1.38 bits per heavy atom. The number of nitrogens with zero attached hydrogens (tertiary/aromatic N) is 1. The molecule has 1 aliphatic rings. The third-order valence-electron chi connectivity index (χ3n) is 3.36. The predicted octanol–water partition coefficient (Wildman–Crippen LogP) is 2.42. The summed E-state index contributed by atoms with van der Waals surface area (Å²) in [5, 5.41) is 2.78. The fraction of sp³-hybridized carbons (Fsp3) is 0.467. The van der Waals surface area contributed by atoms with Crippen molar-refractivity contribution in [3.05, 3.63) is 28.7 Å². The van der Waals surface area contributed by atoms with E-state index in [2.05, 4.69) is 21.2 Å². The van der Waals surface area contributed by atoms with Gasteiger partial charge in [0.15, 0.2) is 0 Å². The highest BCUT2D eigenvalue weighted by Crippen LogP contribution is 2.15. The van der Waals surface area contributed by atoms with Gasteiger partial charge < -0.3 is 15.0 Å². The van der Waals surface area contributed by atoms with Crippen molar-refractivity contribution in [2.24, 2.45) is 0 Å². The van der Waals surface area contributed by atoms with Gasteiger partial charge in [-0.05, 0) is 37.1 Å². The first kappa shape index (κ1) is 16.0. The molecule has 1 fully saturated rings. The van der Waals surface area contributed by atoms with Crippen LogP contribution in [0.2, 0.25) is 0 Å². The van der Waals surface area contributed by atoms with E-state index < -0.39 is 0 Å². The van der Waals surface area contributed by atoms with E-state index in [0.717, 1.165) is 23.9 Å². The van der Waals surface area contributed by atoms with Crippen molar-refractivity contribution in [3.8, 4) is 0 Å². The molecule has 1 aliphatic heterocycles. The first-order valence-corrected chi connectivity index (χ1v) is 7.76. The molecule has 1 heterocycles. The van der Waals surface area contributed by atoms with Crippen molar-refractivity contribution in [2.75, 3.05) is 25.0 Å². The van der Waals surface area contributed by atoms with Crippen LogP contribution in [0, 0.1) is 0 Å². The van der Waals surface area contributed by atoms with Gasteiger partial charge in [-0.3, -0.25) is 9.59 Å². The van der Waals surface area contributed by atoms with Crippen molar-refractivity contribution >= 4 is 33.4 Å². The number of benzene rings is 1. The van der Waals surface area contributed by atoms with Crippen LogP contribution in [0.1, 0.15) is 19.8 Å². The van der Waals surface area contributed by atoms with Crippen LogP contribution in [0.15, 0.2) is 28.7 Å². The molecule has 2 amide bonds. The average Bonchev–Trinajstić information content (AvgIpc) is 2.93. The lowest BCUT2D eigenvalue weighted by Crippen LogP contribution is -2.41. The molecule has 5 nitrogen and oxygen atoms in total. The molecule has 6 heteroatoms. The molecule has 1 atom stereocenters. The minimum Gasteiger partial charge on any atom is -0.376 e. The van der Waals surface area contributed by atoms with Gasteiger partial charge in [0.2, 0.25) is 11.8 Å². The molecular formula is C15H19BrN2O3. The Balaban J connectivity index is 1.88. The summed E-state index contributed by atoms with van der Waals surface area (Å²) >= 11 is 3.34. The second-order valence-corrected chi connectivity index (χ2v) is 6.01. The number of halogens is 1. The van der Waals surface area contributed by atoms with E-state index in [4.69, 9.17) is 4.74 Å². The summed E-state index contributed by atoms with van der Waals surface area (Å²) in [5.41, 5.74) is 0.712. The third kappa shape index (κ3) is 5.13. The maximum atomic E-state index is 12.0. The van der Waals surface area contributed by atoms with Crippen molar-refractivity contribution in [3.63, 3.8) is 0 Å². The smallest absolute Gasteiger partial charge is 0.243 e. The first-order chi connectivity index (χ1) is 10.0. The number of anilines is 1. The zero-order valence-electron chi connectivity index (χ0n) is 12.0. The van der Waals surface area contributed by atoms with Gasteiger partial charge in [0.25, 0.3) is 0 Å². The van der Waals surface area contributed by atoms with Crippen LogP contribution in [-0.2, 0) is 14.3 Å². The van der Waals surface area contributed by atoms with Gasteiger partial charge in [0, 0.05) is 30.2 Å². The lowest BCUT2D eigenvalue weighted by Gasteiger charge is -2.23. The Hall–Kier alpha value is -1.40. The first-order valence-electron chi connectivity index (χ1n) is 6.97. The normalized spacial score (nSPS) is 17.5. The minimum atomic E-state index is -0.203. The number of carbonyl (C=O) groups is 2. The average molecular weight is 355 g/mol. The quantitative estimate of drug-likeness (QED) is 0.883. The Morgan fingerprint density at radius 3 is 2.67 bits per heavy atom. The van der Waals surface area contributed by atoms with Crippen molar-refractivity contribution < 1.29 is 14.3 Å². The lowest BCUT2D eigenvalue weighted by molar-refractivity contribution is -0.134. The van der Waals surface area contributed by atoms with Crippen LogP contribution < -0.4 is 5.32 Å². The van der Waals surface area contributed by atoms with E-state index in [9.17, 15) is 9.59 Å². The van der Waals surface area contributed by atoms with Gasteiger partial charge in [-0.2, -0.15) is 0 Å². The maximum absolute atomic E-state index is 12.0. The number of carbonyl (C=O) groups excluding carboxylic acids is 2. The molecule has 0 spiro atoms. The van der Waals surface area contributed by atoms with Gasteiger partial charge in [-0.15, -0.1) is 0 Å². The standard InChI is InChI=1S/C15H19BrN2O3/c1-11(19)18(9-14-3-2-8-21-14)10-15(20)17-13-6-4-12(16)5-7-13/h4-7,14H,2-3,8-10H2,1H3,(H,17,20). The largest absolute Gasteiger partial charge is 0.376 e. The minimum absolute atomic E-state index is 0.0469. The molecule has 1 unspecified atom stereocenters. The monoisotopic (exact) mass is 354 g/mol. The zero-order valence-corrected chi connectivity index (χ0v) is 13.6. The highest BCUT2D eigenvalue weighted by atomic mass is 79.9. The molecule has 0 aliphatic carbocycles. The molecule has 1 N–H and O–H groups in total. The molecule has 0 bridgehead atoms. The number of hydrogen-bond acceptors (Lipinski definition) is 3. The van der Waals surface area contributed by atoms with Crippen molar-refractivity contribution in [1.82, 2.24) is 4.90 Å². The summed E-state index contributed by atoms with van der Waals surface area (Å²) in [5.74, 6) is -0.318. The summed E-state index contributed by atoms with van der Waals surface area (Å²) in [6.45, 7) is 2.73. The second kappa shape index (κ2) is 7.56. The fourth-order valence-corrected chi connectivity index (χ4v) is 2.51. The highest BCUT2D eigenvalue weighted by Gasteiger charge is 2.22. The summed E-state index contributed by atoms with van der Waals surface area (Å²) < 4.78 is 6.46. The molecule has 1 aromatic rings. The van der Waals surface area contributed by atoms with E-state index in [1.807, 2.05) is 12.1 Å². The zero-order chi connectivity index (χ0) is 15.2. The summed E-state index contributed by atoms with van der Waals surface area (Å²) in [4.78, 5) is 25.2. The van der Waals surface area contributed by atoms with Gasteiger partial charge >= 0.3 is 0 Å². The number of rotatable bonds is 5. The van der Waals surface area contributed by atoms with E-state index in [1.54, 1.807) is 12.1 Å². The predicted molar refractivity (Wildman–Crippen MR) is 84.0 cm³/mol. The van der Waals surface area contributed by atoms with E-state index in [-0.39, 0.29) is 24.5 Å². The van der Waals surface area contributed by atoms with Crippen LogP contribution in [0.5, 0.6) is 0 Å². The van der Waals surface area contributed by atoms with E-state index in [0.29, 0.717) is 12.2 Å². The highest BCUT2D eigenvalue weighted by molar-refractivity contribution is 9.10. The van der Waals surface area contributed by atoms with Crippen LogP contribution in [0.4, 0.5) is 5.69 Å². The van der Waals surface area contributed by atoms with Gasteiger partial charge in [-0.1, -0.05) is 15.9 Å². The Morgan fingerprint density at radius 2 is 2.10 bits per heavy atom. The maximum Gasteiger partial charge on any atom is 0.243 e. The van der Waals surface area contributed by atoms with Crippen LogP contribution >= 0.6 is 15.9 Å². The summed E-state index contributed by atoms with van der Waals surface area (Å²) in [6, 6.07) is 7.32. The molecule has 0 aromatic heterocycles. The second-order valence-electron chi connectivity index (χ2n) is 5.09. The van der Waals surface area contributed by atoms with Crippen LogP contribution in [0.3, 0.4) is 0 Å². The van der Waals surface area contributed by atoms with Crippen molar-refractivity contribution in [1.29, 1.82) is 0 Å². The molecular weight excluding hydrogens is 336 g/mol.